The molecule has 24 heavy (non-hydrogen) atoms. The van der Waals surface area contributed by atoms with Crippen molar-refractivity contribution in [3.8, 4) is 5.75 Å². The Hall–Kier alpha value is -2.08. The highest BCUT2D eigenvalue weighted by atomic mass is 16.5. The lowest BCUT2D eigenvalue weighted by Gasteiger charge is -2.09. The van der Waals surface area contributed by atoms with Crippen LogP contribution in [0.3, 0.4) is 0 Å². The first kappa shape index (κ1) is 18.3. The third kappa shape index (κ3) is 7.46. The van der Waals surface area contributed by atoms with Crippen LogP contribution in [0.5, 0.6) is 5.75 Å². The lowest BCUT2D eigenvalue weighted by atomic mass is 10.1. The molecule has 1 unspecified atom stereocenters. The van der Waals surface area contributed by atoms with E-state index in [2.05, 4.69) is 10.6 Å². The third-order valence-electron chi connectivity index (χ3n) is 3.80. The van der Waals surface area contributed by atoms with Crippen LogP contribution < -0.4 is 21.1 Å². The third-order valence-corrected chi connectivity index (χ3v) is 3.80. The van der Waals surface area contributed by atoms with E-state index in [9.17, 15) is 9.59 Å². The molecule has 2 amide bonds. The van der Waals surface area contributed by atoms with E-state index in [-0.39, 0.29) is 24.5 Å². The zero-order chi connectivity index (χ0) is 17.4. The summed E-state index contributed by atoms with van der Waals surface area (Å²) in [5.74, 6) is 0.635. The van der Waals surface area contributed by atoms with Gasteiger partial charge in [0.15, 0.2) is 6.61 Å². The molecule has 4 N–H and O–H groups in total. The smallest absolute Gasteiger partial charge is 0.258 e. The summed E-state index contributed by atoms with van der Waals surface area (Å²) in [6, 6.07) is 7.99. The molecule has 1 aromatic carbocycles. The summed E-state index contributed by atoms with van der Waals surface area (Å²) in [6.45, 7) is 2.54. The van der Waals surface area contributed by atoms with Crippen LogP contribution in [-0.2, 0) is 16.0 Å². The van der Waals surface area contributed by atoms with Crippen LogP contribution in [-0.4, -0.2) is 37.0 Å². The summed E-state index contributed by atoms with van der Waals surface area (Å²) < 4.78 is 5.45. The summed E-state index contributed by atoms with van der Waals surface area (Å²) in [6.07, 6.45) is 4.07. The van der Waals surface area contributed by atoms with Crippen molar-refractivity contribution in [1.29, 1.82) is 0 Å². The van der Waals surface area contributed by atoms with Crippen molar-refractivity contribution >= 4 is 11.8 Å². The molecule has 0 radical (unpaired) electrons. The highest BCUT2D eigenvalue weighted by Gasteiger charge is 2.23. The second kappa shape index (κ2) is 9.27. The maximum absolute atomic E-state index is 11.6. The Labute approximate surface area is 143 Å². The zero-order valence-corrected chi connectivity index (χ0v) is 14.2. The number of nitrogens with one attached hydrogen (secondary N) is 2. The molecule has 1 aliphatic rings. The van der Waals surface area contributed by atoms with Crippen molar-refractivity contribution in [2.24, 2.45) is 5.73 Å². The molecule has 132 valence electrons. The number of amides is 2. The molecule has 1 fully saturated rings. The van der Waals surface area contributed by atoms with Crippen molar-refractivity contribution in [1.82, 2.24) is 10.6 Å². The van der Waals surface area contributed by atoms with Gasteiger partial charge in [-0.3, -0.25) is 9.59 Å². The molecule has 1 aromatic rings. The highest BCUT2D eigenvalue weighted by Crippen LogP contribution is 2.18. The number of nitrogens with two attached hydrogens (primary N) is 1. The van der Waals surface area contributed by atoms with Gasteiger partial charge >= 0.3 is 0 Å². The Kier molecular flexibility index (Phi) is 7.06. The summed E-state index contributed by atoms with van der Waals surface area (Å²) in [4.78, 5) is 23.1. The first-order valence-electron chi connectivity index (χ1n) is 8.56. The molecule has 0 bridgehead atoms. The second-order valence-corrected chi connectivity index (χ2v) is 6.39. The van der Waals surface area contributed by atoms with Gasteiger partial charge in [-0.1, -0.05) is 12.1 Å². The monoisotopic (exact) mass is 333 g/mol. The van der Waals surface area contributed by atoms with Crippen molar-refractivity contribution in [3.63, 3.8) is 0 Å². The van der Waals surface area contributed by atoms with E-state index in [1.54, 1.807) is 0 Å². The Balaban J connectivity index is 1.62. The lowest BCUT2D eigenvalue weighted by molar-refractivity contribution is -0.123. The molecule has 1 atom stereocenters. The fourth-order valence-electron chi connectivity index (χ4n) is 2.19. The van der Waals surface area contributed by atoms with Gasteiger partial charge in [0.2, 0.25) is 5.91 Å². The maximum atomic E-state index is 11.6. The minimum absolute atomic E-state index is 0.0360. The summed E-state index contributed by atoms with van der Waals surface area (Å²) in [7, 11) is 0. The van der Waals surface area contributed by atoms with Gasteiger partial charge in [0.25, 0.3) is 5.91 Å². The van der Waals surface area contributed by atoms with E-state index >= 15 is 0 Å². The predicted molar refractivity (Wildman–Crippen MR) is 92.7 cm³/mol. The van der Waals surface area contributed by atoms with Crippen LogP contribution in [0.2, 0.25) is 0 Å². The van der Waals surface area contributed by atoms with Gasteiger partial charge in [0.1, 0.15) is 5.75 Å². The van der Waals surface area contributed by atoms with Crippen LogP contribution >= 0.6 is 0 Å². The molecule has 6 nitrogen and oxygen atoms in total. The van der Waals surface area contributed by atoms with E-state index in [1.165, 1.54) is 0 Å². The van der Waals surface area contributed by atoms with Crippen LogP contribution in [0.4, 0.5) is 0 Å². The minimum Gasteiger partial charge on any atom is -0.484 e. The average molecular weight is 333 g/mol. The quantitative estimate of drug-likeness (QED) is 0.598. The van der Waals surface area contributed by atoms with Crippen LogP contribution in [0, 0.1) is 0 Å². The number of carbonyl (C=O) groups excluding carboxylic acids is 2. The Morgan fingerprint density at radius 2 is 1.96 bits per heavy atom. The van der Waals surface area contributed by atoms with Crippen LogP contribution in [0.25, 0.3) is 0 Å². The highest BCUT2D eigenvalue weighted by molar-refractivity contribution is 5.78. The van der Waals surface area contributed by atoms with Crippen LogP contribution in [0.1, 0.15) is 38.2 Å². The summed E-state index contributed by atoms with van der Waals surface area (Å²) in [5, 5.41) is 5.77. The lowest BCUT2D eigenvalue weighted by Crippen LogP contribution is -2.30. The maximum Gasteiger partial charge on any atom is 0.258 e. The van der Waals surface area contributed by atoms with E-state index < -0.39 is 0 Å². The van der Waals surface area contributed by atoms with Crippen molar-refractivity contribution in [3.05, 3.63) is 29.8 Å². The molecule has 0 aliphatic heterocycles. The van der Waals surface area contributed by atoms with Gasteiger partial charge in [0.05, 0.1) is 0 Å². The predicted octanol–water partition coefficient (Wildman–Crippen LogP) is 1.13. The first-order valence-corrected chi connectivity index (χ1v) is 8.56. The van der Waals surface area contributed by atoms with E-state index in [4.69, 9.17) is 10.5 Å². The van der Waals surface area contributed by atoms with Crippen molar-refractivity contribution < 1.29 is 14.3 Å². The zero-order valence-electron chi connectivity index (χ0n) is 14.2. The standard InChI is InChI=1S/C18H27N3O3/c1-13(19)2-9-17(22)20-11-10-14-3-7-16(8-4-14)24-12-18(23)21-15-5-6-15/h3-4,7-8,13,15H,2,5-6,9-12,19H2,1H3,(H,20,22)(H,21,23). The normalized spacial score (nSPS) is 14.8. The molecular weight excluding hydrogens is 306 g/mol. The van der Waals surface area contributed by atoms with Gasteiger partial charge in [-0.2, -0.15) is 0 Å². The molecule has 0 heterocycles. The molecule has 2 rings (SSSR count). The number of hydrogen-bond acceptors (Lipinski definition) is 4. The van der Waals surface area contributed by atoms with Crippen molar-refractivity contribution in [2.45, 2.75) is 51.1 Å². The van der Waals surface area contributed by atoms with E-state index in [1.807, 2.05) is 31.2 Å². The largest absolute Gasteiger partial charge is 0.484 e. The molecule has 6 heteroatoms. The van der Waals surface area contributed by atoms with Gasteiger partial charge in [0, 0.05) is 25.0 Å². The van der Waals surface area contributed by atoms with Gasteiger partial charge in [-0.25, -0.2) is 0 Å². The number of rotatable bonds is 10. The number of hydrogen-bond donors (Lipinski definition) is 3. The molecule has 1 aliphatic carbocycles. The summed E-state index contributed by atoms with van der Waals surface area (Å²) >= 11 is 0. The number of benzene rings is 1. The SMILES string of the molecule is CC(N)CCC(=O)NCCc1ccc(OCC(=O)NC2CC2)cc1. The van der Waals surface area contributed by atoms with Gasteiger partial charge < -0.3 is 21.1 Å². The molecule has 0 saturated heterocycles. The van der Waals surface area contributed by atoms with Gasteiger partial charge in [-0.15, -0.1) is 0 Å². The number of ether oxygens (including phenoxy) is 1. The Morgan fingerprint density at radius 3 is 2.58 bits per heavy atom. The molecule has 0 aromatic heterocycles. The molecule has 1 saturated carbocycles. The van der Waals surface area contributed by atoms with E-state index in [0.29, 0.717) is 31.2 Å². The Bertz CT molecular complexity index is 539. The Morgan fingerprint density at radius 1 is 1.25 bits per heavy atom. The summed E-state index contributed by atoms with van der Waals surface area (Å²) in [5.41, 5.74) is 6.74. The van der Waals surface area contributed by atoms with Gasteiger partial charge in [-0.05, 0) is 50.3 Å². The van der Waals surface area contributed by atoms with E-state index in [0.717, 1.165) is 24.8 Å². The average Bonchev–Trinajstić information content (AvgIpc) is 3.36. The fourth-order valence-corrected chi connectivity index (χ4v) is 2.19. The topological polar surface area (TPSA) is 93.5 Å². The minimum atomic E-state index is -0.0731. The van der Waals surface area contributed by atoms with Crippen LogP contribution in [0.15, 0.2) is 24.3 Å². The second-order valence-electron chi connectivity index (χ2n) is 6.39. The molecule has 0 spiro atoms. The molecular formula is C18H27N3O3. The first-order chi connectivity index (χ1) is 11.5. The van der Waals surface area contributed by atoms with Crippen molar-refractivity contribution in [2.75, 3.05) is 13.2 Å². The fraction of sp³-hybridized carbons (Fsp3) is 0.556. The number of carbonyl (C=O) groups is 2.